The first kappa shape index (κ1) is 28.8. The van der Waals surface area contributed by atoms with Crippen LogP contribution in [0.1, 0.15) is 25.0 Å². The van der Waals surface area contributed by atoms with Crippen LogP contribution in [0.25, 0.3) is 0 Å². The van der Waals surface area contributed by atoms with Crippen molar-refractivity contribution < 1.29 is 28.2 Å². The van der Waals surface area contributed by atoms with Crippen LogP contribution in [0.2, 0.25) is 0 Å². The molecular formula is C28H30FN5O5. The number of benzene rings is 2. The lowest BCUT2D eigenvalue weighted by Gasteiger charge is -2.32. The standard InChI is InChI=1S/C28H30FN5O5/c1-18-5-7-21(8-6-18)16-34(20(3)19(2)26(36)38-4)28(37)33-27(31-17-35)32-23-10-12-24(13-11-23)39-25-14-9-22(29)15-30-25/h5-15,17,19-20H,16H2,1-4H3,(H2,31,32,33,35,37)/t19-,20+/m1/s1. The Bertz CT molecular complexity index is 1300. The second-order valence-electron chi connectivity index (χ2n) is 8.73. The SMILES string of the molecule is COC(=O)[C@H](C)[C@H](C)N(Cc1ccc(C)cc1)C(=O)NC(=Nc1ccc(Oc2ccc(F)cn2)cc1)NC=O. The van der Waals surface area contributed by atoms with Crippen molar-refractivity contribution in [2.45, 2.75) is 33.4 Å². The van der Waals surface area contributed by atoms with E-state index in [1.54, 1.807) is 38.1 Å². The summed E-state index contributed by atoms with van der Waals surface area (Å²) in [4.78, 5) is 46.5. The molecule has 0 aliphatic carbocycles. The first-order valence-electron chi connectivity index (χ1n) is 12.1. The minimum atomic E-state index is -0.617. The van der Waals surface area contributed by atoms with E-state index in [1.165, 1.54) is 24.1 Å². The van der Waals surface area contributed by atoms with E-state index in [0.717, 1.165) is 17.3 Å². The monoisotopic (exact) mass is 535 g/mol. The number of nitrogens with zero attached hydrogens (tertiary/aromatic N) is 3. The van der Waals surface area contributed by atoms with Gasteiger partial charge in [0.25, 0.3) is 0 Å². The number of ether oxygens (including phenoxy) is 2. The fourth-order valence-electron chi connectivity index (χ4n) is 3.53. The van der Waals surface area contributed by atoms with Gasteiger partial charge in [-0.15, -0.1) is 0 Å². The lowest BCUT2D eigenvalue weighted by molar-refractivity contribution is -0.146. The molecule has 39 heavy (non-hydrogen) atoms. The van der Waals surface area contributed by atoms with Crippen LogP contribution in [0.15, 0.2) is 71.9 Å². The van der Waals surface area contributed by atoms with Gasteiger partial charge in [0, 0.05) is 18.7 Å². The van der Waals surface area contributed by atoms with Gasteiger partial charge in [0.05, 0.1) is 24.9 Å². The number of hydrogen-bond acceptors (Lipinski definition) is 7. The number of aryl methyl sites for hydroxylation is 1. The van der Waals surface area contributed by atoms with E-state index in [-0.39, 0.29) is 18.4 Å². The number of pyridine rings is 1. The summed E-state index contributed by atoms with van der Waals surface area (Å²) in [5, 5.41) is 5.01. The average molecular weight is 536 g/mol. The molecule has 0 aliphatic rings. The lowest BCUT2D eigenvalue weighted by Crippen LogP contribution is -2.52. The number of guanidine groups is 1. The van der Waals surface area contributed by atoms with E-state index in [1.807, 2.05) is 31.2 Å². The van der Waals surface area contributed by atoms with E-state index >= 15 is 0 Å². The first-order valence-corrected chi connectivity index (χ1v) is 12.1. The van der Waals surface area contributed by atoms with Gasteiger partial charge in [-0.3, -0.25) is 20.2 Å². The van der Waals surface area contributed by atoms with Crippen LogP contribution < -0.4 is 15.4 Å². The van der Waals surface area contributed by atoms with Crippen LogP contribution in [-0.2, 0) is 20.9 Å². The van der Waals surface area contributed by atoms with Crippen LogP contribution in [0, 0.1) is 18.7 Å². The zero-order valence-corrected chi connectivity index (χ0v) is 22.1. The van der Waals surface area contributed by atoms with Crippen molar-refractivity contribution in [2.24, 2.45) is 10.9 Å². The van der Waals surface area contributed by atoms with Crippen LogP contribution >= 0.6 is 0 Å². The molecule has 1 heterocycles. The number of aromatic nitrogens is 1. The molecule has 1 aromatic heterocycles. The number of urea groups is 1. The fourth-order valence-corrected chi connectivity index (χ4v) is 3.53. The molecule has 0 aliphatic heterocycles. The summed E-state index contributed by atoms with van der Waals surface area (Å²) >= 11 is 0. The quantitative estimate of drug-likeness (QED) is 0.181. The van der Waals surface area contributed by atoms with Crippen LogP contribution in [0.5, 0.6) is 11.6 Å². The molecular weight excluding hydrogens is 505 g/mol. The van der Waals surface area contributed by atoms with Gasteiger partial charge in [0.1, 0.15) is 11.6 Å². The highest BCUT2D eigenvalue weighted by atomic mass is 19.1. The third-order valence-electron chi connectivity index (χ3n) is 5.94. The van der Waals surface area contributed by atoms with Gasteiger partial charge >= 0.3 is 12.0 Å². The third kappa shape index (κ3) is 8.35. The summed E-state index contributed by atoms with van der Waals surface area (Å²) in [5.74, 6) is -1.02. The Kier molecular flexibility index (Phi) is 10.1. The molecule has 0 radical (unpaired) electrons. The van der Waals surface area contributed by atoms with E-state index in [2.05, 4.69) is 20.6 Å². The van der Waals surface area contributed by atoms with Gasteiger partial charge in [-0.2, -0.15) is 0 Å². The summed E-state index contributed by atoms with van der Waals surface area (Å²) in [6.45, 7) is 5.58. The number of nitrogens with one attached hydrogen (secondary N) is 2. The van der Waals surface area contributed by atoms with Gasteiger partial charge in [0.2, 0.25) is 18.2 Å². The van der Waals surface area contributed by atoms with Crippen LogP contribution in [0.3, 0.4) is 0 Å². The maximum absolute atomic E-state index is 13.4. The highest BCUT2D eigenvalue weighted by Crippen LogP contribution is 2.23. The Morgan fingerprint density at radius 2 is 1.77 bits per heavy atom. The predicted molar refractivity (Wildman–Crippen MR) is 143 cm³/mol. The van der Waals surface area contributed by atoms with Crippen molar-refractivity contribution >= 4 is 30.1 Å². The second kappa shape index (κ2) is 13.7. The van der Waals surface area contributed by atoms with E-state index in [9.17, 15) is 18.8 Å². The molecule has 0 unspecified atom stereocenters. The van der Waals surface area contributed by atoms with Crippen LogP contribution in [0.4, 0.5) is 14.9 Å². The molecule has 0 bridgehead atoms. The molecule has 3 amide bonds. The Balaban J connectivity index is 1.79. The molecule has 3 rings (SSSR count). The summed E-state index contributed by atoms with van der Waals surface area (Å²) in [6.07, 6.45) is 1.44. The second-order valence-corrected chi connectivity index (χ2v) is 8.73. The molecule has 0 saturated carbocycles. The van der Waals surface area contributed by atoms with E-state index < -0.39 is 29.8 Å². The maximum atomic E-state index is 13.4. The normalized spacial score (nSPS) is 12.6. The molecule has 2 aromatic carbocycles. The molecule has 0 saturated heterocycles. The smallest absolute Gasteiger partial charge is 0.324 e. The van der Waals surface area contributed by atoms with E-state index in [4.69, 9.17) is 9.47 Å². The number of halogens is 1. The zero-order valence-electron chi connectivity index (χ0n) is 22.1. The topological polar surface area (TPSA) is 122 Å². The third-order valence-corrected chi connectivity index (χ3v) is 5.94. The van der Waals surface area contributed by atoms with Crippen molar-refractivity contribution in [2.75, 3.05) is 7.11 Å². The van der Waals surface area contributed by atoms with Gasteiger partial charge < -0.3 is 14.4 Å². The van der Waals surface area contributed by atoms with Crippen molar-refractivity contribution in [3.63, 3.8) is 0 Å². The number of hydrogen-bond donors (Lipinski definition) is 2. The highest BCUT2D eigenvalue weighted by Gasteiger charge is 2.30. The molecule has 0 fully saturated rings. The number of carbonyl (C=O) groups excluding carboxylic acids is 3. The van der Waals surface area contributed by atoms with Gasteiger partial charge in [-0.1, -0.05) is 29.8 Å². The largest absolute Gasteiger partial charge is 0.469 e. The van der Waals surface area contributed by atoms with Crippen molar-refractivity contribution in [3.8, 4) is 11.6 Å². The Morgan fingerprint density at radius 3 is 2.36 bits per heavy atom. The molecule has 3 aromatic rings. The van der Waals surface area contributed by atoms with Gasteiger partial charge in [-0.25, -0.2) is 19.2 Å². The fraction of sp³-hybridized carbons (Fsp3) is 0.250. The number of methoxy groups -OCH3 is 1. The summed E-state index contributed by atoms with van der Waals surface area (Å²) in [7, 11) is 1.29. The summed E-state index contributed by atoms with van der Waals surface area (Å²) in [6, 6.07) is 15.6. The van der Waals surface area contributed by atoms with Gasteiger partial charge in [-0.05, 0) is 56.7 Å². The highest BCUT2D eigenvalue weighted by molar-refractivity contribution is 6.01. The minimum absolute atomic E-state index is 0.115. The number of aliphatic imine (C=N–C) groups is 1. The van der Waals surface area contributed by atoms with Crippen molar-refractivity contribution in [1.29, 1.82) is 0 Å². The Morgan fingerprint density at radius 1 is 1.08 bits per heavy atom. The molecule has 2 atom stereocenters. The predicted octanol–water partition coefficient (Wildman–Crippen LogP) is 4.46. The average Bonchev–Trinajstić information content (AvgIpc) is 2.93. The lowest BCUT2D eigenvalue weighted by atomic mass is 10.0. The summed E-state index contributed by atoms with van der Waals surface area (Å²) in [5.41, 5.74) is 2.33. The molecule has 10 nitrogen and oxygen atoms in total. The first-order chi connectivity index (χ1) is 18.7. The molecule has 2 N–H and O–H groups in total. The zero-order chi connectivity index (χ0) is 28.4. The number of carbonyl (C=O) groups is 3. The minimum Gasteiger partial charge on any atom is -0.469 e. The number of rotatable bonds is 9. The molecule has 0 spiro atoms. The van der Waals surface area contributed by atoms with E-state index in [0.29, 0.717) is 17.8 Å². The molecule has 11 heteroatoms. The van der Waals surface area contributed by atoms with Crippen molar-refractivity contribution in [1.82, 2.24) is 20.5 Å². The van der Waals surface area contributed by atoms with Crippen molar-refractivity contribution in [3.05, 3.63) is 83.8 Å². The number of amides is 3. The Labute approximate surface area is 225 Å². The molecule has 204 valence electrons. The van der Waals surface area contributed by atoms with Gasteiger partial charge in [0.15, 0.2) is 0 Å². The number of esters is 1. The van der Waals surface area contributed by atoms with Crippen LogP contribution in [-0.4, -0.2) is 47.4 Å². The maximum Gasteiger partial charge on any atom is 0.324 e. The Hall–Kier alpha value is -4.80. The summed E-state index contributed by atoms with van der Waals surface area (Å²) < 4.78 is 23.5.